The van der Waals surface area contributed by atoms with Crippen LogP contribution in [0.1, 0.15) is 28.3 Å². The second-order valence-corrected chi connectivity index (χ2v) is 20.0. The lowest BCUT2D eigenvalue weighted by Gasteiger charge is -2.32. The molecule has 0 aromatic heterocycles. The van der Waals surface area contributed by atoms with Crippen molar-refractivity contribution >= 4 is 51.8 Å². The third-order valence-electron chi connectivity index (χ3n) is 8.02. The number of rotatable bonds is 8. The summed E-state index contributed by atoms with van der Waals surface area (Å²) < 4.78 is 68.5. The molecule has 0 radical (unpaired) electrons. The van der Waals surface area contributed by atoms with E-state index in [1.807, 2.05) is 0 Å². The van der Waals surface area contributed by atoms with E-state index in [4.69, 9.17) is 14.5 Å². The molecule has 3 aliphatic heterocycles. The molecular formula is C32H31F2N3O5SSi. The van der Waals surface area contributed by atoms with Crippen molar-refractivity contribution in [3.63, 3.8) is 0 Å². The largest absolute Gasteiger partial charge is 0.420 e. The molecule has 0 N–H and O–H groups in total. The van der Waals surface area contributed by atoms with Crippen molar-refractivity contribution < 1.29 is 31.5 Å². The van der Waals surface area contributed by atoms with Crippen LogP contribution in [-0.4, -0.2) is 47.1 Å². The van der Waals surface area contributed by atoms with Crippen LogP contribution in [0.5, 0.6) is 0 Å². The third kappa shape index (κ3) is 5.81. The number of carbonyl (C=O) groups excluding carboxylic acids is 1. The highest BCUT2D eigenvalue weighted by atomic mass is 32.2. The molecular weight excluding hydrogens is 605 g/mol. The van der Waals surface area contributed by atoms with Gasteiger partial charge >= 0.3 is 5.97 Å². The molecule has 0 saturated carbocycles. The normalized spacial score (nSPS) is 19.5. The highest BCUT2D eigenvalue weighted by Gasteiger charge is 2.39. The molecule has 6 rings (SSSR count). The lowest BCUT2D eigenvalue weighted by molar-refractivity contribution is 0.0631. The first-order valence-corrected chi connectivity index (χ1v) is 19.7. The molecule has 0 aliphatic carbocycles. The SMILES string of the molecule is C[Si](C)(C)CCS(=O)(=O)C1=c2cc3c(c(F)c2N=N1)=C(OC(=O)c1ccccc1)C(C1CCOCC1c1ccc(F)cc1)=N3. The van der Waals surface area contributed by atoms with E-state index in [0.717, 1.165) is 5.56 Å². The fourth-order valence-corrected chi connectivity index (χ4v) is 9.97. The molecule has 3 aromatic rings. The lowest BCUT2D eigenvalue weighted by Crippen LogP contribution is -2.33. The smallest absolute Gasteiger partial charge is 0.343 e. The monoisotopic (exact) mass is 635 g/mol. The lowest BCUT2D eigenvalue weighted by atomic mass is 9.79. The zero-order valence-corrected chi connectivity index (χ0v) is 26.3. The second-order valence-electron chi connectivity index (χ2n) is 12.3. The Morgan fingerprint density at radius 2 is 1.75 bits per heavy atom. The Labute approximate surface area is 254 Å². The number of esters is 1. The average Bonchev–Trinajstić information content (AvgIpc) is 3.59. The van der Waals surface area contributed by atoms with Gasteiger partial charge in [0, 0.05) is 31.7 Å². The van der Waals surface area contributed by atoms with Gasteiger partial charge in [-0.2, -0.15) is 0 Å². The molecule has 0 bridgehead atoms. The minimum atomic E-state index is -3.86. The molecule has 1 saturated heterocycles. The van der Waals surface area contributed by atoms with Crippen molar-refractivity contribution in [2.75, 3.05) is 19.0 Å². The van der Waals surface area contributed by atoms with Crippen molar-refractivity contribution in [1.82, 2.24) is 0 Å². The van der Waals surface area contributed by atoms with Gasteiger partial charge in [-0.3, -0.25) is 0 Å². The molecule has 8 nitrogen and oxygen atoms in total. The number of nitrogens with zero attached hydrogens (tertiary/aromatic N) is 3. The first-order chi connectivity index (χ1) is 20.9. The third-order valence-corrected chi connectivity index (χ3v) is 11.8. The summed E-state index contributed by atoms with van der Waals surface area (Å²) in [6.45, 7) is 6.90. The van der Waals surface area contributed by atoms with Gasteiger partial charge in [0.05, 0.1) is 34.5 Å². The molecule has 0 spiro atoms. The van der Waals surface area contributed by atoms with Crippen molar-refractivity contribution in [1.29, 1.82) is 0 Å². The van der Waals surface area contributed by atoms with Gasteiger partial charge in [0.1, 0.15) is 11.5 Å². The number of fused-ring (bicyclic) bond motifs is 2. The molecule has 2 unspecified atom stereocenters. The number of sulfone groups is 1. The van der Waals surface area contributed by atoms with Gasteiger partial charge in [0.2, 0.25) is 0 Å². The van der Waals surface area contributed by atoms with Gasteiger partial charge in [-0.25, -0.2) is 27.0 Å². The summed E-state index contributed by atoms with van der Waals surface area (Å²) in [4.78, 5) is 18.1. The quantitative estimate of drug-likeness (QED) is 0.231. The zero-order valence-electron chi connectivity index (χ0n) is 24.5. The fourth-order valence-electron chi connectivity index (χ4n) is 5.60. The Hall–Kier alpha value is -3.87. The van der Waals surface area contributed by atoms with E-state index >= 15 is 4.39 Å². The van der Waals surface area contributed by atoms with Crippen molar-refractivity contribution in [3.8, 4) is 0 Å². The Kier molecular flexibility index (Phi) is 7.93. The fraction of sp³-hybridized carbons (Fsp3) is 0.312. The van der Waals surface area contributed by atoms with Crippen LogP contribution in [0, 0.1) is 17.6 Å². The molecule has 3 aliphatic rings. The zero-order chi connectivity index (χ0) is 31.2. The Balaban J connectivity index is 1.51. The number of benzene rings is 3. The maximum absolute atomic E-state index is 16.4. The molecule has 2 atom stereocenters. The van der Waals surface area contributed by atoms with Crippen LogP contribution < -0.4 is 10.4 Å². The number of hydrogen-bond acceptors (Lipinski definition) is 8. The van der Waals surface area contributed by atoms with E-state index in [1.54, 1.807) is 42.5 Å². The van der Waals surface area contributed by atoms with Gasteiger partial charge < -0.3 is 9.47 Å². The second kappa shape index (κ2) is 11.6. The van der Waals surface area contributed by atoms with E-state index in [9.17, 15) is 17.6 Å². The van der Waals surface area contributed by atoms with Crippen LogP contribution in [0.3, 0.4) is 0 Å². The number of ether oxygens (including phenoxy) is 2. The Bertz CT molecular complexity index is 1940. The summed E-state index contributed by atoms with van der Waals surface area (Å²) in [6.07, 6.45) is 0.477. The van der Waals surface area contributed by atoms with Gasteiger partial charge in [-0.1, -0.05) is 50.0 Å². The average molecular weight is 636 g/mol. The predicted molar refractivity (Wildman–Crippen MR) is 166 cm³/mol. The van der Waals surface area contributed by atoms with E-state index < -0.39 is 29.7 Å². The van der Waals surface area contributed by atoms with E-state index in [-0.39, 0.29) is 61.6 Å². The van der Waals surface area contributed by atoms with Crippen LogP contribution in [0.4, 0.5) is 20.2 Å². The summed E-state index contributed by atoms with van der Waals surface area (Å²) >= 11 is 0. The standard InChI is InChI=1S/C32H31F2N3O5SSi/c1-44(2,3)16-15-43(39,40)31-23-17-25-26(27(34)28(23)36-37-31)30(42-32(38)20-7-5-4-6-8-20)29(35-25)22-13-14-41-18-24(22)19-9-11-21(33)12-10-19/h4-12,17,22,24H,13-16,18H2,1-3H3. The number of azo groups is 1. The molecule has 12 heteroatoms. The van der Waals surface area contributed by atoms with Crippen molar-refractivity contribution in [2.45, 2.75) is 38.0 Å². The summed E-state index contributed by atoms with van der Waals surface area (Å²) in [6, 6.07) is 16.4. The molecule has 3 heterocycles. The van der Waals surface area contributed by atoms with Crippen LogP contribution in [-0.2, 0) is 19.3 Å². The molecule has 3 aromatic carbocycles. The molecule has 0 amide bonds. The van der Waals surface area contributed by atoms with Gasteiger partial charge in [-0.05, 0) is 48.4 Å². The Morgan fingerprint density at radius 1 is 1.02 bits per heavy atom. The molecule has 1 fully saturated rings. The van der Waals surface area contributed by atoms with Crippen LogP contribution in [0.2, 0.25) is 25.7 Å². The maximum Gasteiger partial charge on any atom is 0.343 e. The van der Waals surface area contributed by atoms with E-state index in [1.165, 1.54) is 18.2 Å². The molecule has 228 valence electrons. The number of aliphatic imine (C=N–C) groups is 1. The Morgan fingerprint density at radius 3 is 2.45 bits per heavy atom. The van der Waals surface area contributed by atoms with Gasteiger partial charge in [0.15, 0.2) is 26.4 Å². The van der Waals surface area contributed by atoms with Crippen molar-refractivity contribution in [3.05, 3.63) is 93.9 Å². The van der Waals surface area contributed by atoms with Crippen LogP contribution in [0.25, 0.3) is 10.8 Å². The summed E-state index contributed by atoms with van der Waals surface area (Å²) in [5, 5.41) is 7.51. The predicted octanol–water partition coefficient (Wildman–Crippen LogP) is 5.75. The highest BCUT2D eigenvalue weighted by molar-refractivity contribution is 8.00. The van der Waals surface area contributed by atoms with Crippen molar-refractivity contribution in [2.24, 2.45) is 21.1 Å². The number of carbonyl (C=O) groups is 1. The van der Waals surface area contributed by atoms with Gasteiger partial charge in [-0.15, -0.1) is 10.2 Å². The van der Waals surface area contributed by atoms with E-state index in [2.05, 4.69) is 29.9 Å². The minimum absolute atomic E-state index is 0.0395. The van der Waals surface area contributed by atoms with Gasteiger partial charge in [0.25, 0.3) is 0 Å². The number of hydrogen-bond donors (Lipinski definition) is 0. The first kappa shape index (κ1) is 30.2. The maximum atomic E-state index is 16.4. The summed E-state index contributed by atoms with van der Waals surface area (Å²) in [5.41, 5.74) is 1.29. The topological polar surface area (TPSA) is 107 Å². The molecule has 44 heavy (non-hydrogen) atoms. The number of halogens is 2. The van der Waals surface area contributed by atoms with Crippen LogP contribution >= 0.6 is 0 Å². The highest BCUT2D eigenvalue weighted by Crippen LogP contribution is 2.38. The van der Waals surface area contributed by atoms with Crippen LogP contribution in [0.15, 0.2) is 75.9 Å². The first-order valence-electron chi connectivity index (χ1n) is 14.4. The van der Waals surface area contributed by atoms with E-state index in [0.29, 0.717) is 31.4 Å². The minimum Gasteiger partial charge on any atom is -0.420 e. The summed E-state index contributed by atoms with van der Waals surface area (Å²) in [7, 11) is -5.56. The summed E-state index contributed by atoms with van der Waals surface area (Å²) in [5.74, 6) is -2.78.